The average Bonchev–Trinajstić information content (AvgIpc) is 3.20. The fourth-order valence-corrected chi connectivity index (χ4v) is 4.39. The third-order valence-electron chi connectivity index (χ3n) is 5.19. The Hall–Kier alpha value is -2.73. The van der Waals surface area contributed by atoms with Crippen LogP contribution in [0.2, 0.25) is 0 Å². The van der Waals surface area contributed by atoms with Crippen molar-refractivity contribution in [3.05, 3.63) is 64.0 Å². The lowest BCUT2D eigenvalue weighted by molar-refractivity contribution is -0.131. The van der Waals surface area contributed by atoms with Crippen LogP contribution < -0.4 is 5.73 Å². The number of primary amides is 1. The Bertz CT molecular complexity index is 976. The van der Waals surface area contributed by atoms with Gasteiger partial charge in [-0.25, -0.2) is 0 Å². The summed E-state index contributed by atoms with van der Waals surface area (Å²) in [6.45, 7) is 1.36. The lowest BCUT2D eigenvalue weighted by Crippen LogP contribution is -2.39. The van der Waals surface area contributed by atoms with Gasteiger partial charge in [0.2, 0.25) is 5.91 Å². The second kappa shape index (κ2) is 7.48. The average molecular weight is 379 g/mol. The van der Waals surface area contributed by atoms with Crippen molar-refractivity contribution in [2.45, 2.75) is 25.2 Å². The van der Waals surface area contributed by atoms with E-state index in [1.54, 1.807) is 11.3 Å². The third kappa shape index (κ3) is 3.71. The molecule has 0 radical (unpaired) electrons. The predicted octanol–water partition coefficient (Wildman–Crippen LogP) is 3.34. The van der Waals surface area contributed by atoms with Gasteiger partial charge in [0.25, 0.3) is 5.91 Å². The number of piperidine rings is 1. The third-order valence-corrected chi connectivity index (χ3v) is 5.92. The number of amides is 2. The molecular weight excluding hydrogens is 358 g/mol. The van der Waals surface area contributed by atoms with Crippen LogP contribution in [-0.4, -0.2) is 34.8 Å². The van der Waals surface area contributed by atoms with E-state index in [2.05, 4.69) is 0 Å². The zero-order valence-corrected chi connectivity index (χ0v) is 15.7. The maximum Gasteiger partial charge on any atom is 0.250 e. The molecule has 0 spiro atoms. The van der Waals surface area contributed by atoms with Crippen molar-refractivity contribution in [1.82, 2.24) is 9.88 Å². The standard InChI is InChI=1S/C21H21N3O2S/c22-21(26)17-12-16-3-1-2-4-18(16)23-20(17)15-5-8-24(9-6-15)19(25)11-14-7-10-27-13-14/h1-4,7,10,12-13,15H,5-6,8-9,11H2,(H2,22,26). The van der Waals surface area contributed by atoms with Crippen molar-refractivity contribution in [3.8, 4) is 0 Å². The summed E-state index contributed by atoms with van der Waals surface area (Å²) in [6.07, 6.45) is 2.04. The van der Waals surface area contributed by atoms with E-state index in [0.717, 1.165) is 35.0 Å². The van der Waals surface area contributed by atoms with Crippen LogP contribution in [-0.2, 0) is 11.2 Å². The monoisotopic (exact) mass is 379 g/mol. The normalized spacial score (nSPS) is 15.2. The summed E-state index contributed by atoms with van der Waals surface area (Å²) in [5.74, 6) is -0.144. The van der Waals surface area contributed by atoms with E-state index in [0.29, 0.717) is 25.1 Å². The summed E-state index contributed by atoms with van der Waals surface area (Å²) in [5.41, 5.74) is 8.83. The zero-order valence-electron chi connectivity index (χ0n) is 14.9. The van der Waals surface area contributed by atoms with Gasteiger partial charge in [-0.15, -0.1) is 0 Å². The number of benzene rings is 1. The summed E-state index contributed by atoms with van der Waals surface area (Å²) < 4.78 is 0. The maximum absolute atomic E-state index is 12.5. The molecule has 3 heterocycles. The molecule has 3 aromatic rings. The highest BCUT2D eigenvalue weighted by Gasteiger charge is 2.27. The Morgan fingerprint density at radius 3 is 2.67 bits per heavy atom. The molecule has 1 saturated heterocycles. The molecule has 0 aliphatic carbocycles. The highest BCUT2D eigenvalue weighted by molar-refractivity contribution is 7.08. The van der Waals surface area contributed by atoms with Crippen molar-refractivity contribution in [1.29, 1.82) is 0 Å². The highest BCUT2D eigenvalue weighted by atomic mass is 32.1. The van der Waals surface area contributed by atoms with Crippen molar-refractivity contribution in [2.75, 3.05) is 13.1 Å². The van der Waals surface area contributed by atoms with E-state index in [1.807, 2.05) is 52.1 Å². The van der Waals surface area contributed by atoms with Crippen LogP contribution in [0.1, 0.15) is 40.4 Å². The number of aromatic nitrogens is 1. The molecule has 2 amide bonds. The van der Waals surface area contributed by atoms with E-state index in [4.69, 9.17) is 10.7 Å². The topological polar surface area (TPSA) is 76.3 Å². The van der Waals surface area contributed by atoms with Gasteiger partial charge in [-0.05, 0) is 47.4 Å². The van der Waals surface area contributed by atoms with Gasteiger partial charge in [0, 0.05) is 24.4 Å². The van der Waals surface area contributed by atoms with E-state index in [9.17, 15) is 9.59 Å². The predicted molar refractivity (Wildman–Crippen MR) is 107 cm³/mol. The van der Waals surface area contributed by atoms with Crippen LogP contribution in [0.25, 0.3) is 10.9 Å². The van der Waals surface area contributed by atoms with E-state index in [1.165, 1.54) is 0 Å². The number of fused-ring (bicyclic) bond motifs is 1. The molecule has 1 aromatic carbocycles. The van der Waals surface area contributed by atoms with Crippen LogP contribution in [0, 0.1) is 0 Å². The molecule has 1 aliphatic rings. The first-order chi connectivity index (χ1) is 13.1. The number of pyridine rings is 1. The number of rotatable bonds is 4. The van der Waals surface area contributed by atoms with Crippen molar-refractivity contribution >= 4 is 34.1 Å². The molecule has 138 valence electrons. The quantitative estimate of drug-likeness (QED) is 0.755. The minimum absolute atomic E-state index is 0.141. The lowest BCUT2D eigenvalue weighted by atomic mass is 9.89. The van der Waals surface area contributed by atoms with Gasteiger partial charge in [0.15, 0.2) is 0 Å². The molecule has 4 rings (SSSR count). The molecule has 6 heteroatoms. The number of nitrogens with two attached hydrogens (primary N) is 1. The van der Waals surface area contributed by atoms with Crippen LogP contribution in [0.3, 0.4) is 0 Å². The first-order valence-corrected chi connectivity index (χ1v) is 10.0. The first-order valence-electron chi connectivity index (χ1n) is 9.10. The fraction of sp³-hybridized carbons (Fsp3) is 0.286. The molecule has 2 N–H and O–H groups in total. The van der Waals surface area contributed by atoms with Gasteiger partial charge in [0.05, 0.1) is 23.2 Å². The Balaban J connectivity index is 1.51. The van der Waals surface area contributed by atoms with Crippen molar-refractivity contribution < 1.29 is 9.59 Å². The molecule has 0 unspecified atom stereocenters. The number of likely N-dealkylation sites (tertiary alicyclic amines) is 1. The minimum atomic E-state index is -0.445. The SMILES string of the molecule is NC(=O)c1cc2ccccc2nc1C1CCN(C(=O)Cc2ccsc2)CC1. The van der Waals surface area contributed by atoms with Gasteiger partial charge in [-0.1, -0.05) is 18.2 Å². The molecule has 0 saturated carbocycles. The summed E-state index contributed by atoms with van der Waals surface area (Å²) in [4.78, 5) is 31.1. The van der Waals surface area contributed by atoms with Crippen LogP contribution >= 0.6 is 11.3 Å². The summed E-state index contributed by atoms with van der Waals surface area (Å²) in [5, 5.41) is 4.92. The van der Waals surface area contributed by atoms with E-state index < -0.39 is 5.91 Å². The molecule has 0 atom stereocenters. The number of para-hydroxylation sites is 1. The molecule has 2 aromatic heterocycles. The largest absolute Gasteiger partial charge is 0.366 e. The second-order valence-electron chi connectivity index (χ2n) is 6.94. The summed E-state index contributed by atoms with van der Waals surface area (Å²) in [7, 11) is 0. The highest BCUT2D eigenvalue weighted by Crippen LogP contribution is 2.31. The molecular formula is C21H21N3O2S. The zero-order chi connectivity index (χ0) is 18.8. The number of nitrogens with zero attached hydrogens (tertiary/aromatic N) is 2. The Labute approximate surface area is 161 Å². The second-order valence-corrected chi connectivity index (χ2v) is 7.72. The molecule has 0 bridgehead atoms. The molecule has 5 nitrogen and oxygen atoms in total. The number of thiophene rings is 1. The van der Waals surface area contributed by atoms with E-state index >= 15 is 0 Å². The molecule has 27 heavy (non-hydrogen) atoms. The Morgan fingerprint density at radius 1 is 1.19 bits per heavy atom. The summed E-state index contributed by atoms with van der Waals surface area (Å²) in [6, 6.07) is 11.6. The van der Waals surface area contributed by atoms with Crippen LogP contribution in [0.4, 0.5) is 0 Å². The Kier molecular flexibility index (Phi) is 4.90. The van der Waals surface area contributed by atoms with Gasteiger partial charge < -0.3 is 10.6 Å². The van der Waals surface area contributed by atoms with Crippen molar-refractivity contribution in [3.63, 3.8) is 0 Å². The van der Waals surface area contributed by atoms with Gasteiger partial charge in [0.1, 0.15) is 0 Å². The van der Waals surface area contributed by atoms with Crippen LogP contribution in [0.5, 0.6) is 0 Å². The number of hydrogen-bond acceptors (Lipinski definition) is 4. The van der Waals surface area contributed by atoms with Gasteiger partial charge in [-0.3, -0.25) is 14.6 Å². The summed E-state index contributed by atoms with van der Waals surface area (Å²) >= 11 is 1.61. The van der Waals surface area contributed by atoms with Crippen LogP contribution in [0.15, 0.2) is 47.2 Å². The van der Waals surface area contributed by atoms with Gasteiger partial charge >= 0.3 is 0 Å². The fourth-order valence-electron chi connectivity index (χ4n) is 3.72. The number of hydrogen-bond donors (Lipinski definition) is 1. The number of carbonyl (C=O) groups excluding carboxylic acids is 2. The lowest BCUT2D eigenvalue weighted by Gasteiger charge is -2.32. The van der Waals surface area contributed by atoms with E-state index in [-0.39, 0.29) is 11.8 Å². The molecule has 1 aliphatic heterocycles. The smallest absolute Gasteiger partial charge is 0.250 e. The van der Waals surface area contributed by atoms with Gasteiger partial charge in [-0.2, -0.15) is 11.3 Å². The first kappa shape index (κ1) is 17.7. The van der Waals surface area contributed by atoms with Crippen molar-refractivity contribution in [2.24, 2.45) is 5.73 Å². The molecule has 1 fully saturated rings. The minimum Gasteiger partial charge on any atom is -0.366 e. The Morgan fingerprint density at radius 2 is 1.96 bits per heavy atom. The number of carbonyl (C=O) groups is 2. The maximum atomic E-state index is 12.5.